The maximum atomic E-state index is 12.8. The molecule has 0 saturated carbocycles. The van der Waals surface area contributed by atoms with Crippen molar-refractivity contribution in [1.29, 1.82) is 0 Å². The van der Waals surface area contributed by atoms with Gasteiger partial charge in [0.15, 0.2) is 17.1 Å². The standard InChI is InChI=1S/C13H17F3O3/c1-4-18-10-7-6-9(8-11(10)19-5-2)12(3,17)13(14,15)16/h6-8,17H,4-5H2,1-3H3. The summed E-state index contributed by atoms with van der Waals surface area (Å²) in [6.45, 7) is 4.84. The van der Waals surface area contributed by atoms with Gasteiger partial charge in [-0.05, 0) is 38.5 Å². The third kappa shape index (κ3) is 3.32. The normalized spacial score (nSPS) is 14.9. The first-order chi connectivity index (χ1) is 8.74. The molecule has 19 heavy (non-hydrogen) atoms. The van der Waals surface area contributed by atoms with Crippen LogP contribution in [0.1, 0.15) is 26.3 Å². The van der Waals surface area contributed by atoms with Crippen LogP contribution in [0.3, 0.4) is 0 Å². The second-order valence-corrected chi connectivity index (χ2v) is 4.10. The van der Waals surface area contributed by atoms with Crippen molar-refractivity contribution in [2.24, 2.45) is 0 Å². The number of alkyl halides is 3. The molecule has 0 saturated heterocycles. The topological polar surface area (TPSA) is 38.7 Å². The fraction of sp³-hybridized carbons (Fsp3) is 0.538. The number of benzene rings is 1. The van der Waals surface area contributed by atoms with Crippen LogP contribution in [0.4, 0.5) is 13.2 Å². The monoisotopic (exact) mass is 278 g/mol. The molecule has 0 aliphatic heterocycles. The van der Waals surface area contributed by atoms with E-state index in [9.17, 15) is 18.3 Å². The molecule has 108 valence electrons. The minimum Gasteiger partial charge on any atom is -0.490 e. The first kappa shape index (κ1) is 15.6. The molecule has 0 heterocycles. The van der Waals surface area contributed by atoms with Gasteiger partial charge < -0.3 is 14.6 Å². The van der Waals surface area contributed by atoms with E-state index in [0.29, 0.717) is 19.3 Å². The molecule has 0 radical (unpaired) electrons. The maximum absolute atomic E-state index is 12.8. The van der Waals surface area contributed by atoms with E-state index in [1.807, 2.05) is 0 Å². The number of aliphatic hydroxyl groups is 1. The molecule has 1 N–H and O–H groups in total. The lowest BCUT2D eigenvalue weighted by molar-refractivity contribution is -0.258. The summed E-state index contributed by atoms with van der Waals surface area (Å²) >= 11 is 0. The van der Waals surface area contributed by atoms with E-state index >= 15 is 0 Å². The molecule has 0 aliphatic carbocycles. The lowest BCUT2D eigenvalue weighted by Crippen LogP contribution is -2.39. The third-order valence-corrected chi connectivity index (χ3v) is 2.66. The Morgan fingerprint density at radius 2 is 1.58 bits per heavy atom. The summed E-state index contributed by atoms with van der Waals surface area (Å²) in [5, 5.41) is 9.61. The molecule has 0 aromatic heterocycles. The van der Waals surface area contributed by atoms with E-state index in [-0.39, 0.29) is 17.9 Å². The number of halogens is 3. The van der Waals surface area contributed by atoms with E-state index in [4.69, 9.17) is 9.47 Å². The van der Waals surface area contributed by atoms with Crippen molar-refractivity contribution in [3.05, 3.63) is 23.8 Å². The highest BCUT2D eigenvalue weighted by Gasteiger charge is 2.51. The molecule has 0 spiro atoms. The second-order valence-electron chi connectivity index (χ2n) is 4.10. The Morgan fingerprint density at radius 3 is 2.05 bits per heavy atom. The molecule has 1 atom stereocenters. The summed E-state index contributed by atoms with van der Waals surface area (Å²) < 4.78 is 48.8. The van der Waals surface area contributed by atoms with Gasteiger partial charge in [-0.2, -0.15) is 13.2 Å². The van der Waals surface area contributed by atoms with Gasteiger partial charge in [-0.25, -0.2) is 0 Å². The zero-order valence-corrected chi connectivity index (χ0v) is 11.0. The summed E-state index contributed by atoms with van der Waals surface area (Å²) in [6.07, 6.45) is -4.76. The molecule has 1 aromatic carbocycles. The van der Waals surface area contributed by atoms with Crippen LogP contribution in [-0.4, -0.2) is 24.5 Å². The van der Waals surface area contributed by atoms with Gasteiger partial charge in [-0.15, -0.1) is 0 Å². The van der Waals surface area contributed by atoms with Gasteiger partial charge in [-0.1, -0.05) is 6.07 Å². The molecule has 3 nitrogen and oxygen atoms in total. The summed E-state index contributed by atoms with van der Waals surface area (Å²) in [7, 11) is 0. The second kappa shape index (κ2) is 5.69. The zero-order valence-electron chi connectivity index (χ0n) is 11.0. The Kier molecular flexibility index (Phi) is 4.68. The van der Waals surface area contributed by atoms with Crippen LogP contribution < -0.4 is 9.47 Å². The largest absolute Gasteiger partial charge is 0.490 e. The van der Waals surface area contributed by atoms with Gasteiger partial charge in [0, 0.05) is 0 Å². The molecular formula is C13H17F3O3. The lowest BCUT2D eigenvalue weighted by atomic mass is 9.95. The van der Waals surface area contributed by atoms with E-state index in [1.165, 1.54) is 12.1 Å². The molecule has 0 bridgehead atoms. The predicted octanol–water partition coefficient (Wildman–Crippen LogP) is 3.25. The van der Waals surface area contributed by atoms with Crippen molar-refractivity contribution < 1.29 is 27.8 Å². The summed E-state index contributed by atoms with van der Waals surface area (Å²) in [4.78, 5) is 0. The van der Waals surface area contributed by atoms with Gasteiger partial charge in [0.25, 0.3) is 0 Å². The smallest absolute Gasteiger partial charge is 0.421 e. The van der Waals surface area contributed by atoms with Gasteiger partial charge in [0.1, 0.15) is 0 Å². The Bertz CT molecular complexity index is 428. The average Bonchev–Trinajstić information content (AvgIpc) is 2.30. The van der Waals surface area contributed by atoms with Gasteiger partial charge in [0.2, 0.25) is 0 Å². The molecule has 0 fully saturated rings. The highest BCUT2D eigenvalue weighted by atomic mass is 19.4. The van der Waals surface area contributed by atoms with Gasteiger partial charge in [0.05, 0.1) is 13.2 Å². The third-order valence-electron chi connectivity index (χ3n) is 2.66. The van der Waals surface area contributed by atoms with Crippen LogP contribution in [0.5, 0.6) is 11.5 Å². The first-order valence-corrected chi connectivity index (χ1v) is 5.93. The van der Waals surface area contributed by atoms with Crippen molar-refractivity contribution in [3.8, 4) is 11.5 Å². The van der Waals surface area contributed by atoms with Crippen molar-refractivity contribution in [1.82, 2.24) is 0 Å². The van der Waals surface area contributed by atoms with E-state index in [0.717, 1.165) is 6.07 Å². The van der Waals surface area contributed by atoms with Crippen molar-refractivity contribution in [2.75, 3.05) is 13.2 Å². The van der Waals surface area contributed by atoms with Crippen LogP contribution in [0.2, 0.25) is 0 Å². The molecule has 1 rings (SSSR count). The Labute approximate surface area is 110 Å². The molecular weight excluding hydrogens is 261 g/mol. The molecule has 0 amide bonds. The average molecular weight is 278 g/mol. The summed E-state index contributed by atoms with van der Waals surface area (Å²) in [6, 6.07) is 3.70. The van der Waals surface area contributed by atoms with Crippen LogP contribution in [0, 0.1) is 0 Å². The van der Waals surface area contributed by atoms with Crippen molar-refractivity contribution in [2.45, 2.75) is 32.5 Å². The quantitative estimate of drug-likeness (QED) is 0.898. The Morgan fingerprint density at radius 1 is 1.05 bits per heavy atom. The van der Waals surface area contributed by atoms with Gasteiger partial charge >= 0.3 is 6.18 Å². The lowest BCUT2D eigenvalue weighted by Gasteiger charge is -2.27. The summed E-state index contributed by atoms with van der Waals surface area (Å²) in [5.74, 6) is 0.539. The number of rotatable bonds is 5. The highest BCUT2D eigenvalue weighted by Crippen LogP contribution is 2.41. The molecule has 0 aliphatic rings. The van der Waals surface area contributed by atoms with E-state index < -0.39 is 11.8 Å². The predicted molar refractivity (Wildman–Crippen MR) is 64.4 cm³/mol. The summed E-state index contributed by atoms with van der Waals surface area (Å²) in [5.41, 5.74) is -3.21. The molecule has 1 aromatic rings. The molecule has 6 heteroatoms. The number of hydrogen-bond acceptors (Lipinski definition) is 3. The highest BCUT2D eigenvalue weighted by molar-refractivity contribution is 5.45. The maximum Gasteiger partial charge on any atom is 0.421 e. The van der Waals surface area contributed by atoms with Crippen LogP contribution in [0.25, 0.3) is 0 Å². The Balaban J connectivity index is 3.21. The van der Waals surface area contributed by atoms with Gasteiger partial charge in [-0.3, -0.25) is 0 Å². The number of hydrogen-bond donors (Lipinski definition) is 1. The van der Waals surface area contributed by atoms with Crippen molar-refractivity contribution in [3.63, 3.8) is 0 Å². The minimum atomic E-state index is -4.76. The minimum absolute atomic E-state index is 0.186. The van der Waals surface area contributed by atoms with E-state index in [2.05, 4.69) is 0 Å². The fourth-order valence-corrected chi connectivity index (χ4v) is 1.52. The number of ether oxygens (including phenoxy) is 2. The first-order valence-electron chi connectivity index (χ1n) is 5.93. The van der Waals surface area contributed by atoms with Crippen LogP contribution in [0.15, 0.2) is 18.2 Å². The fourth-order valence-electron chi connectivity index (χ4n) is 1.52. The zero-order chi connectivity index (χ0) is 14.7. The van der Waals surface area contributed by atoms with Crippen LogP contribution >= 0.6 is 0 Å². The van der Waals surface area contributed by atoms with E-state index in [1.54, 1.807) is 13.8 Å². The Hall–Kier alpha value is -1.43. The van der Waals surface area contributed by atoms with Crippen molar-refractivity contribution >= 4 is 0 Å². The van der Waals surface area contributed by atoms with Crippen LogP contribution in [-0.2, 0) is 5.60 Å². The SMILES string of the molecule is CCOc1ccc(C(C)(O)C(F)(F)F)cc1OCC. The molecule has 1 unspecified atom stereocenters.